The number of ether oxygens (including phenoxy) is 2. The van der Waals surface area contributed by atoms with Crippen LogP contribution in [0.15, 0.2) is 29.2 Å². The number of benzene rings is 1. The second-order valence-electron chi connectivity index (χ2n) is 6.73. The van der Waals surface area contributed by atoms with Crippen LogP contribution >= 0.6 is 0 Å². The first kappa shape index (κ1) is 20.7. The van der Waals surface area contributed by atoms with Crippen molar-refractivity contribution in [1.82, 2.24) is 9.21 Å². The predicted molar refractivity (Wildman–Crippen MR) is 96.2 cm³/mol. The van der Waals surface area contributed by atoms with E-state index in [0.717, 1.165) is 12.1 Å². The van der Waals surface area contributed by atoms with E-state index in [0.29, 0.717) is 39.1 Å². The van der Waals surface area contributed by atoms with Crippen molar-refractivity contribution in [1.29, 1.82) is 0 Å². The van der Waals surface area contributed by atoms with Gasteiger partial charge in [0, 0.05) is 26.2 Å². The molecular weight excluding hydrogens is 391 g/mol. The number of rotatable bonds is 5. The number of hydrogen-bond donors (Lipinski definition) is 0. The summed E-state index contributed by atoms with van der Waals surface area (Å²) in [5.74, 6) is -1.70. The van der Waals surface area contributed by atoms with Gasteiger partial charge in [-0.25, -0.2) is 12.8 Å². The third kappa shape index (κ3) is 4.86. The number of morpholine rings is 1. The van der Waals surface area contributed by atoms with Crippen LogP contribution in [0.2, 0.25) is 0 Å². The lowest BCUT2D eigenvalue weighted by Crippen LogP contribution is -2.44. The lowest BCUT2D eigenvalue weighted by molar-refractivity contribution is -0.157. The van der Waals surface area contributed by atoms with E-state index in [2.05, 4.69) is 0 Å². The molecule has 2 heterocycles. The van der Waals surface area contributed by atoms with Crippen LogP contribution in [0.5, 0.6) is 0 Å². The number of carbonyl (C=O) groups excluding carboxylic acids is 2. The summed E-state index contributed by atoms with van der Waals surface area (Å²) in [5.41, 5.74) is 0. The maximum absolute atomic E-state index is 13.0. The monoisotopic (exact) mass is 414 g/mol. The minimum absolute atomic E-state index is 0.0195. The average molecular weight is 414 g/mol. The quantitative estimate of drug-likeness (QED) is 0.656. The first-order chi connectivity index (χ1) is 13.4. The summed E-state index contributed by atoms with van der Waals surface area (Å²) < 4.78 is 49.8. The summed E-state index contributed by atoms with van der Waals surface area (Å²) in [4.78, 5) is 25.9. The van der Waals surface area contributed by atoms with Crippen LogP contribution in [0.25, 0.3) is 0 Å². The fraction of sp³-hybridized carbons (Fsp3) is 0.556. The Labute approximate surface area is 163 Å². The fourth-order valence-electron chi connectivity index (χ4n) is 3.24. The Morgan fingerprint density at radius 1 is 1.07 bits per heavy atom. The first-order valence-electron chi connectivity index (χ1n) is 9.16. The highest BCUT2D eigenvalue weighted by Gasteiger charge is 2.33. The molecule has 0 N–H and O–H groups in total. The molecule has 1 amide bonds. The van der Waals surface area contributed by atoms with Crippen molar-refractivity contribution in [2.45, 2.75) is 17.7 Å². The molecule has 2 aliphatic rings. The zero-order valence-electron chi connectivity index (χ0n) is 15.4. The van der Waals surface area contributed by atoms with Gasteiger partial charge in [-0.05, 0) is 37.1 Å². The van der Waals surface area contributed by atoms with Crippen molar-refractivity contribution in [3.63, 3.8) is 0 Å². The van der Waals surface area contributed by atoms with Gasteiger partial charge in [0.15, 0.2) is 6.61 Å². The van der Waals surface area contributed by atoms with Gasteiger partial charge in [0.05, 0.1) is 24.0 Å². The zero-order valence-corrected chi connectivity index (χ0v) is 16.2. The highest BCUT2D eigenvalue weighted by atomic mass is 32.2. The number of esters is 1. The molecule has 28 heavy (non-hydrogen) atoms. The molecule has 0 aliphatic carbocycles. The topological polar surface area (TPSA) is 93.2 Å². The van der Waals surface area contributed by atoms with Crippen LogP contribution in [-0.4, -0.2) is 75.5 Å². The molecule has 8 nitrogen and oxygen atoms in total. The molecule has 10 heteroatoms. The summed E-state index contributed by atoms with van der Waals surface area (Å²) in [6.07, 6.45) is 0.621. The average Bonchev–Trinajstić information content (AvgIpc) is 2.73. The van der Waals surface area contributed by atoms with E-state index < -0.39 is 27.7 Å². The molecule has 2 fully saturated rings. The van der Waals surface area contributed by atoms with Gasteiger partial charge in [-0.3, -0.25) is 9.59 Å². The van der Waals surface area contributed by atoms with E-state index in [1.54, 1.807) is 4.90 Å². The third-order valence-corrected chi connectivity index (χ3v) is 6.85. The van der Waals surface area contributed by atoms with Gasteiger partial charge in [0.25, 0.3) is 5.91 Å². The van der Waals surface area contributed by atoms with E-state index >= 15 is 0 Å². The maximum Gasteiger partial charge on any atom is 0.309 e. The number of halogens is 1. The fourth-order valence-corrected chi connectivity index (χ4v) is 4.71. The van der Waals surface area contributed by atoms with Crippen molar-refractivity contribution < 1.29 is 31.9 Å². The number of piperidine rings is 1. The lowest BCUT2D eigenvalue weighted by Gasteiger charge is -2.30. The van der Waals surface area contributed by atoms with Crippen molar-refractivity contribution in [2.75, 3.05) is 46.0 Å². The minimum Gasteiger partial charge on any atom is -0.455 e. The van der Waals surface area contributed by atoms with Crippen LogP contribution < -0.4 is 0 Å². The van der Waals surface area contributed by atoms with Gasteiger partial charge >= 0.3 is 5.97 Å². The van der Waals surface area contributed by atoms with Crippen molar-refractivity contribution in [2.24, 2.45) is 5.92 Å². The third-order valence-electron chi connectivity index (χ3n) is 4.94. The Kier molecular flexibility index (Phi) is 6.63. The van der Waals surface area contributed by atoms with Gasteiger partial charge in [0.2, 0.25) is 10.0 Å². The van der Waals surface area contributed by atoms with Crippen molar-refractivity contribution in [3.8, 4) is 0 Å². The smallest absolute Gasteiger partial charge is 0.309 e. The van der Waals surface area contributed by atoms with Gasteiger partial charge in [-0.1, -0.05) is 0 Å². The van der Waals surface area contributed by atoms with Crippen LogP contribution in [-0.2, 0) is 29.1 Å². The van der Waals surface area contributed by atoms with Crippen LogP contribution in [0.1, 0.15) is 12.8 Å². The normalized spacial score (nSPS) is 19.4. The van der Waals surface area contributed by atoms with Crippen molar-refractivity contribution >= 4 is 21.9 Å². The first-order valence-corrected chi connectivity index (χ1v) is 10.6. The highest BCUT2D eigenvalue weighted by Crippen LogP contribution is 2.24. The molecule has 0 radical (unpaired) electrons. The molecule has 2 aliphatic heterocycles. The Morgan fingerprint density at radius 3 is 2.29 bits per heavy atom. The highest BCUT2D eigenvalue weighted by molar-refractivity contribution is 7.89. The number of nitrogens with zero attached hydrogens (tertiary/aromatic N) is 2. The molecule has 1 aromatic rings. The molecule has 2 saturated heterocycles. The summed E-state index contributed by atoms with van der Waals surface area (Å²) in [6.45, 7) is 1.92. The Balaban J connectivity index is 1.48. The van der Waals surface area contributed by atoms with E-state index in [1.807, 2.05) is 0 Å². The predicted octanol–water partition coefficient (Wildman–Crippen LogP) is 0.628. The molecule has 0 spiro atoms. The van der Waals surface area contributed by atoms with Gasteiger partial charge in [-0.15, -0.1) is 0 Å². The molecule has 1 aromatic carbocycles. The molecule has 0 atom stereocenters. The Bertz CT molecular complexity index is 800. The number of carbonyl (C=O) groups is 2. The minimum atomic E-state index is -3.73. The van der Waals surface area contributed by atoms with Crippen molar-refractivity contribution in [3.05, 3.63) is 30.1 Å². The lowest BCUT2D eigenvalue weighted by atomic mass is 9.98. The summed E-state index contributed by atoms with van der Waals surface area (Å²) in [6, 6.07) is 4.65. The number of amides is 1. The largest absolute Gasteiger partial charge is 0.455 e. The summed E-state index contributed by atoms with van der Waals surface area (Å²) in [7, 11) is -3.73. The molecule has 0 unspecified atom stereocenters. The van der Waals surface area contributed by atoms with E-state index in [9.17, 15) is 22.4 Å². The van der Waals surface area contributed by atoms with E-state index in [4.69, 9.17) is 9.47 Å². The Hall–Kier alpha value is -2.04. The molecule has 3 rings (SSSR count). The summed E-state index contributed by atoms with van der Waals surface area (Å²) >= 11 is 0. The zero-order chi connectivity index (χ0) is 20.1. The molecule has 0 bridgehead atoms. The second kappa shape index (κ2) is 8.97. The summed E-state index contributed by atoms with van der Waals surface area (Å²) in [5, 5.41) is 0. The molecule has 0 aromatic heterocycles. The van der Waals surface area contributed by atoms with E-state index in [1.165, 1.54) is 16.4 Å². The van der Waals surface area contributed by atoms with Crippen LogP contribution in [0.4, 0.5) is 4.39 Å². The van der Waals surface area contributed by atoms with Crippen LogP contribution in [0.3, 0.4) is 0 Å². The number of hydrogen-bond acceptors (Lipinski definition) is 6. The molecular formula is C18H23FN2O6S. The van der Waals surface area contributed by atoms with Gasteiger partial charge in [-0.2, -0.15) is 4.31 Å². The Morgan fingerprint density at radius 2 is 1.68 bits per heavy atom. The second-order valence-corrected chi connectivity index (χ2v) is 8.67. The maximum atomic E-state index is 13.0. The van der Waals surface area contributed by atoms with E-state index in [-0.39, 0.29) is 30.5 Å². The number of sulfonamides is 1. The van der Waals surface area contributed by atoms with Gasteiger partial charge < -0.3 is 14.4 Å². The van der Waals surface area contributed by atoms with Crippen LogP contribution in [0, 0.1) is 11.7 Å². The SMILES string of the molecule is O=C(OCC(=O)N1CCOCC1)C1CCN(S(=O)(=O)c2ccc(F)cc2)CC1. The molecule has 0 saturated carbocycles. The standard InChI is InChI=1S/C18H23FN2O6S/c19-15-1-3-16(4-2-15)28(24,25)21-7-5-14(6-8-21)18(23)27-13-17(22)20-9-11-26-12-10-20/h1-4,14H,5-13H2. The van der Waals surface area contributed by atoms with Gasteiger partial charge in [0.1, 0.15) is 5.82 Å². The molecule has 154 valence electrons.